The van der Waals surface area contributed by atoms with E-state index in [4.69, 9.17) is 10.2 Å². The SMILES string of the molecule is O=C1OC(=O)C2CC=CCC12.OCc1nc(-c2ccccc2)[nH]c1CO. The van der Waals surface area contributed by atoms with Gasteiger partial charge in [-0.1, -0.05) is 42.5 Å². The Bertz CT molecular complexity index is 767. The number of aromatic nitrogens is 2. The summed E-state index contributed by atoms with van der Waals surface area (Å²) in [6, 6.07) is 9.58. The van der Waals surface area contributed by atoms with Crippen LogP contribution in [0.5, 0.6) is 0 Å². The second-order valence-corrected chi connectivity index (χ2v) is 6.09. The van der Waals surface area contributed by atoms with E-state index in [9.17, 15) is 9.59 Å². The molecule has 26 heavy (non-hydrogen) atoms. The summed E-state index contributed by atoms with van der Waals surface area (Å²) in [6.45, 7) is -0.311. The average molecular weight is 356 g/mol. The molecule has 2 aliphatic rings. The van der Waals surface area contributed by atoms with Crippen LogP contribution in [0.4, 0.5) is 0 Å². The second-order valence-electron chi connectivity index (χ2n) is 6.09. The van der Waals surface area contributed by atoms with Crippen molar-refractivity contribution in [3.05, 3.63) is 53.9 Å². The molecule has 7 nitrogen and oxygen atoms in total. The first kappa shape index (κ1) is 18.0. The maximum absolute atomic E-state index is 10.9. The zero-order valence-electron chi connectivity index (χ0n) is 14.1. The number of hydrogen-bond acceptors (Lipinski definition) is 6. The minimum absolute atomic E-state index is 0.143. The van der Waals surface area contributed by atoms with Crippen LogP contribution in [0.25, 0.3) is 11.4 Å². The number of aliphatic hydroxyl groups is 2. The molecular weight excluding hydrogens is 336 g/mol. The fraction of sp³-hybridized carbons (Fsp3) is 0.316. The van der Waals surface area contributed by atoms with Crippen LogP contribution in [0.1, 0.15) is 24.2 Å². The highest BCUT2D eigenvalue weighted by Crippen LogP contribution is 2.32. The van der Waals surface area contributed by atoms with Crippen molar-refractivity contribution in [2.24, 2.45) is 11.8 Å². The molecule has 1 saturated heterocycles. The Hall–Kier alpha value is -2.77. The number of ether oxygens (including phenoxy) is 1. The fourth-order valence-electron chi connectivity index (χ4n) is 3.03. The standard InChI is InChI=1S/C11H12N2O2.C8H8O3/c14-6-9-10(7-15)13-11(12-9)8-4-2-1-3-5-8;9-7-5-3-1-2-4-6(5)8(10)11-7/h1-5,14-15H,6-7H2,(H,12,13);1-2,5-6H,3-4H2. The Balaban J connectivity index is 0.000000158. The van der Waals surface area contributed by atoms with Crippen LogP contribution >= 0.6 is 0 Å². The van der Waals surface area contributed by atoms with Crippen molar-refractivity contribution in [1.82, 2.24) is 9.97 Å². The van der Waals surface area contributed by atoms with Gasteiger partial charge in [-0.15, -0.1) is 0 Å². The predicted molar refractivity (Wildman–Crippen MR) is 92.3 cm³/mol. The summed E-state index contributed by atoms with van der Waals surface area (Å²) < 4.78 is 4.49. The van der Waals surface area contributed by atoms with E-state index in [0.29, 0.717) is 30.1 Å². The first-order valence-electron chi connectivity index (χ1n) is 8.39. The van der Waals surface area contributed by atoms with Gasteiger partial charge in [-0.25, -0.2) is 4.98 Å². The van der Waals surface area contributed by atoms with Gasteiger partial charge in [-0.3, -0.25) is 9.59 Å². The van der Waals surface area contributed by atoms with Gasteiger partial charge < -0.3 is 19.9 Å². The lowest BCUT2D eigenvalue weighted by Gasteiger charge is -2.12. The van der Waals surface area contributed by atoms with Crippen molar-refractivity contribution in [3.8, 4) is 11.4 Å². The van der Waals surface area contributed by atoms with E-state index in [-0.39, 0.29) is 37.0 Å². The van der Waals surface area contributed by atoms with E-state index in [0.717, 1.165) is 5.56 Å². The number of fused-ring (bicyclic) bond motifs is 1. The quantitative estimate of drug-likeness (QED) is 0.438. The molecule has 2 heterocycles. The van der Waals surface area contributed by atoms with E-state index < -0.39 is 0 Å². The number of aliphatic hydroxyl groups excluding tert-OH is 2. The second kappa shape index (κ2) is 8.07. The third-order valence-corrected chi connectivity index (χ3v) is 4.46. The van der Waals surface area contributed by atoms with Crippen LogP contribution < -0.4 is 0 Å². The van der Waals surface area contributed by atoms with Gasteiger partial charge >= 0.3 is 11.9 Å². The van der Waals surface area contributed by atoms with E-state index in [1.54, 1.807) is 0 Å². The van der Waals surface area contributed by atoms with Crippen molar-refractivity contribution in [1.29, 1.82) is 0 Å². The summed E-state index contributed by atoms with van der Waals surface area (Å²) in [5, 5.41) is 18.0. The van der Waals surface area contributed by atoms with Gasteiger partial charge in [0.1, 0.15) is 5.82 Å². The van der Waals surface area contributed by atoms with Gasteiger partial charge in [0.05, 0.1) is 36.4 Å². The van der Waals surface area contributed by atoms with E-state index in [1.807, 2.05) is 42.5 Å². The molecule has 2 atom stereocenters. The number of benzene rings is 1. The molecule has 4 rings (SSSR count). The van der Waals surface area contributed by atoms with Crippen molar-refractivity contribution in [2.45, 2.75) is 26.1 Å². The lowest BCUT2D eigenvalue weighted by Crippen LogP contribution is -2.18. The van der Waals surface area contributed by atoms with Crippen LogP contribution in [0.3, 0.4) is 0 Å². The van der Waals surface area contributed by atoms with Crippen LogP contribution in [0, 0.1) is 11.8 Å². The van der Waals surface area contributed by atoms with Gasteiger partial charge in [-0.05, 0) is 12.8 Å². The summed E-state index contributed by atoms with van der Waals surface area (Å²) in [7, 11) is 0. The molecule has 0 amide bonds. The molecule has 1 aliphatic carbocycles. The average Bonchev–Trinajstić information content (AvgIpc) is 3.24. The maximum Gasteiger partial charge on any atom is 0.317 e. The molecule has 0 radical (unpaired) electrons. The number of nitrogens with one attached hydrogen (secondary N) is 1. The molecule has 0 bridgehead atoms. The minimum atomic E-state index is -0.343. The monoisotopic (exact) mass is 356 g/mol. The molecule has 1 aliphatic heterocycles. The van der Waals surface area contributed by atoms with Crippen LogP contribution in [0.15, 0.2) is 42.5 Å². The van der Waals surface area contributed by atoms with Gasteiger partial charge in [-0.2, -0.15) is 0 Å². The molecule has 0 spiro atoms. The molecule has 2 aromatic rings. The Labute approximate surface area is 150 Å². The van der Waals surface area contributed by atoms with Crippen molar-refractivity contribution >= 4 is 11.9 Å². The van der Waals surface area contributed by atoms with Gasteiger partial charge in [0.25, 0.3) is 0 Å². The highest BCUT2D eigenvalue weighted by molar-refractivity contribution is 5.96. The third kappa shape index (κ3) is 3.74. The summed E-state index contributed by atoms with van der Waals surface area (Å²) >= 11 is 0. The number of aromatic amines is 1. The predicted octanol–water partition coefficient (Wildman–Crippen LogP) is 1.71. The third-order valence-electron chi connectivity index (χ3n) is 4.46. The molecule has 7 heteroatoms. The topological polar surface area (TPSA) is 113 Å². The van der Waals surface area contributed by atoms with Crippen LogP contribution in [0.2, 0.25) is 0 Å². The maximum atomic E-state index is 10.9. The number of rotatable bonds is 3. The molecule has 1 aromatic heterocycles. The lowest BCUT2D eigenvalue weighted by molar-refractivity contribution is -0.153. The number of cyclic esters (lactones) is 2. The van der Waals surface area contributed by atoms with Gasteiger partial charge in [0.15, 0.2) is 0 Å². The highest BCUT2D eigenvalue weighted by atomic mass is 16.6. The molecule has 136 valence electrons. The number of H-pyrrole nitrogens is 1. The Morgan fingerprint density at radius 1 is 1.00 bits per heavy atom. The van der Waals surface area contributed by atoms with E-state index >= 15 is 0 Å². The zero-order valence-corrected chi connectivity index (χ0v) is 14.1. The first-order chi connectivity index (χ1) is 12.6. The molecule has 1 aromatic carbocycles. The Kier molecular flexibility index (Phi) is 5.60. The highest BCUT2D eigenvalue weighted by Gasteiger charge is 2.43. The number of hydrogen-bond donors (Lipinski definition) is 3. The van der Waals surface area contributed by atoms with E-state index in [2.05, 4.69) is 14.7 Å². The van der Waals surface area contributed by atoms with Crippen molar-refractivity contribution in [2.75, 3.05) is 0 Å². The number of carbonyl (C=O) groups is 2. The van der Waals surface area contributed by atoms with Crippen molar-refractivity contribution < 1.29 is 24.5 Å². The number of allylic oxidation sites excluding steroid dienone is 2. The fourth-order valence-corrected chi connectivity index (χ4v) is 3.03. The Morgan fingerprint density at radius 3 is 2.12 bits per heavy atom. The van der Waals surface area contributed by atoms with Crippen LogP contribution in [-0.4, -0.2) is 32.1 Å². The number of nitrogens with zero attached hydrogens (tertiary/aromatic N) is 1. The summed E-state index contributed by atoms with van der Waals surface area (Å²) in [5.74, 6) is -0.391. The minimum Gasteiger partial charge on any atom is -0.393 e. The van der Waals surface area contributed by atoms with Gasteiger partial charge in [0.2, 0.25) is 0 Å². The largest absolute Gasteiger partial charge is 0.393 e. The number of carbonyl (C=O) groups excluding carboxylic acids is 2. The molecule has 2 unspecified atom stereocenters. The first-order valence-corrected chi connectivity index (χ1v) is 8.39. The number of esters is 2. The van der Waals surface area contributed by atoms with E-state index in [1.165, 1.54) is 0 Å². The normalized spacial score (nSPS) is 21.0. The van der Waals surface area contributed by atoms with Crippen molar-refractivity contribution in [3.63, 3.8) is 0 Å². The smallest absolute Gasteiger partial charge is 0.317 e. The van der Waals surface area contributed by atoms with Crippen LogP contribution in [-0.2, 0) is 27.5 Å². The zero-order chi connectivity index (χ0) is 18.5. The number of imidazole rings is 1. The molecule has 3 N–H and O–H groups in total. The lowest BCUT2D eigenvalue weighted by atomic mass is 9.85. The summed E-state index contributed by atoms with van der Waals surface area (Å²) in [4.78, 5) is 29.1. The Morgan fingerprint density at radius 2 is 1.62 bits per heavy atom. The molecular formula is C19H20N2O5. The molecule has 0 saturated carbocycles. The van der Waals surface area contributed by atoms with Gasteiger partial charge in [0, 0.05) is 5.56 Å². The molecule has 1 fully saturated rings. The summed E-state index contributed by atoms with van der Waals surface area (Å²) in [5.41, 5.74) is 2.00. The summed E-state index contributed by atoms with van der Waals surface area (Å²) in [6.07, 6.45) is 5.19.